The summed E-state index contributed by atoms with van der Waals surface area (Å²) < 4.78 is 5.78. The van der Waals surface area contributed by atoms with Crippen LogP contribution in [-0.4, -0.2) is 18.0 Å². The van der Waals surface area contributed by atoms with Gasteiger partial charge < -0.3 is 4.74 Å². The molecule has 1 nitrogen and oxygen atoms in total. The van der Waals surface area contributed by atoms with E-state index in [0.717, 1.165) is 11.9 Å². The van der Waals surface area contributed by atoms with E-state index >= 15 is 0 Å². The van der Waals surface area contributed by atoms with Gasteiger partial charge in [0, 0.05) is 11.9 Å². The fourth-order valence-electron chi connectivity index (χ4n) is 2.23. The van der Waals surface area contributed by atoms with Crippen LogP contribution in [0.2, 0.25) is 0 Å². The molecular formula is C12H23BrO. The van der Waals surface area contributed by atoms with Gasteiger partial charge in [-0.15, -0.1) is 0 Å². The zero-order chi connectivity index (χ0) is 10.4. The molecule has 0 aromatic heterocycles. The maximum Gasteiger partial charge on any atom is 0.0580 e. The van der Waals surface area contributed by atoms with Crippen molar-refractivity contribution in [3.8, 4) is 0 Å². The van der Waals surface area contributed by atoms with Crippen molar-refractivity contribution in [3.05, 3.63) is 0 Å². The minimum absolute atomic E-state index is 0.454. The molecule has 0 amide bonds. The molecule has 1 rings (SSSR count). The average molecular weight is 263 g/mol. The van der Waals surface area contributed by atoms with E-state index < -0.39 is 0 Å². The summed E-state index contributed by atoms with van der Waals surface area (Å²) in [5, 5.41) is 1.13. The van der Waals surface area contributed by atoms with Crippen molar-refractivity contribution >= 4 is 15.9 Å². The second kappa shape index (κ2) is 6.12. The lowest BCUT2D eigenvalue weighted by atomic mass is 9.81. The number of ether oxygens (including phenoxy) is 1. The Balaban J connectivity index is 2.25. The predicted octanol–water partition coefficient (Wildman–Crippen LogP) is 4.15. The largest absolute Gasteiger partial charge is 0.378 e. The van der Waals surface area contributed by atoms with Gasteiger partial charge in [0.2, 0.25) is 0 Å². The smallest absolute Gasteiger partial charge is 0.0580 e. The number of alkyl halides is 1. The van der Waals surface area contributed by atoms with Crippen LogP contribution in [-0.2, 0) is 4.74 Å². The maximum absolute atomic E-state index is 5.78. The quantitative estimate of drug-likeness (QED) is 0.677. The Bertz CT molecular complexity index is 150. The molecule has 84 valence electrons. The van der Waals surface area contributed by atoms with E-state index in [2.05, 4.69) is 29.8 Å². The van der Waals surface area contributed by atoms with E-state index in [9.17, 15) is 0 Å². The second-order valence-electron chi connectivity index (χ2n) is 5.15. The van der Waals surface area contributed by atoms with E-state index in [-0.39, 0.29) is 0 Å². The lowest BCUT2D eigenvalue weighted by molar-refractivity contribution is -0.0110. The summed E-state index contributed by atoms with van der Waals surface area (Å²) in [7, 11) is 0. The highest BCUT2D eigenvalue weighted by atomic mass is 79.9. The van der Waals surface area contributed by atoms with Crippen LogP contribution in [0.5, 0.6) is 0 Å². The molecule has 1 fully saturated rings. The van der Waals surface area contributed by atoms with E-state index in [4.69, 9.17) is 4.74 Å². The molecule has 0 radical (unpaired) electrons. The highest BCUT2D eigenvalue weighted by molar-refractivity contribution is 9.09. The van der Waals surface area contributed by atoms with Gasteiger partial charge in [-0.05, 0) is 43.9 Å². The van der Waals surface area contributed by atoms with Crippen molar-refractivity contribution in [1.29, 1.82) is 0 Å². The normalized spacial score (nSPS) is 23.8. The number of hydrogen-bond donors (Lipinski definition) is 0. The second-order valence-corrected chi connectivity index (χ2v) is 5.94. The third-order valence-electron chi connectivity index (χ3n) is 3.04. The van der Waals surface area contributed by atoms with Crippen molar-refractivity contribution < 1.29 is 4.74 Å². The van der Waals surface area contributed by atoms with E-state index in [1.807, 2.05) is 0 Å². The van der Waals surface area contributed by atoms with Gasteiger partial charge in [-0.3, -0.25) is 0 Å². The van der Waals surface area contributed by atoms with Gasteiger partial charge in [0.05, 0.1) is 6.10 Å². The Morgan fingerprint density at radius 3 is 2.71 bits per heavy atom. The monoisotopic (exact) mass is 262 g/mol. The van der Waals surface area contributed by atoms with Crippen LogP contribution in [0.4, 0.5) is 0 Å². The van der Waals surface area contributed by atoms with Crippen LogP contribution in [0, 0.1) is 5.41 Å². The van der Waals surface area contributed by atoms with Crippen LogP contribution in [0.3, 0.4) is 0 Å². The molecule has 1 saturated heterocycles. The number of hydrogen-bond acceptors (Lipinski definition) is 1. The first-order valence-electron chi connectivity index (χ1n) is 5.82. The summed E-state index contributed by atoms with van der Waals surface area (Å²) in [5.41, 5.74) is 0.454. The molecule has 14 heavy (non-hydrogen) atoms. The summed E-state index contributed by atoms with van der Waals surface area (Å²) in [6, 6.07) is 0. The van der Waals surface area contributed by atoms with Gasteiger partial charge >= 0.3 is 0 Å². The van der Waals surface area contributed by atoms with Gasteiger partial charge in [0.25, 0.3) is 0 Å². The molecule has 1 unspecified atom stereocenters. The van der Waals surface area contributed by atoms with Crippen LogP contribution in [0.1, 0.15) is 52.4 Å². The summed E-state index contributed by atoms with van der Waals surface area (Å²) in [6.07, 6.45) is 8.25. The fourth-order valence-corrected chi connectivity index (χ4v) is 2.51. The Hall–Kier alpha value is 0.440. The van der Waals surface area contributed by atoms with Gasteiger partial charge in [-0.1, -0.05) is 29.8 Å². The van der Waals surface area contributed by atoms with Crippen molar-refractivity contribution in [2.45, 2.75) is 58.5 Å². The first-order valence-corrected chi connectivity index (χ1v) is 6.94. The Morgan fingerprint density at radius 2 is 2.14 bits per heavy atom. The third kappa shape index (κ3) is 4.79. The van der Waals surface area contributed by atoms with Gasteiger partial charge in [-0.25, -0.2) is 0 Å². The zero-order valence-corrected chi connectivity index (χ0v) is 11.1. The number of halogens is 1. The van der Waals surface area contributed by atoms with Crippen LogP contribution >= 0.6 is 15.9 Å². The summed E-state index contributed by atoms with van der Waals surface area (Å²) in [4.78, 5) is 0. The first-order chi connectivity index (χ1) is 6.64. The van der Waals surface area contributed by atoms with Crippen molar-refractivity contribution in [2.75, 3.05) is 11.9 Å². The van der Waals surface area contributed by atoms with Crippen LogP contribution < -0.4 is 0 Å². The standard InChI is InChI=1S/C12H23BrO/c1-12(2,7-5-8-13)10-11-6-3-4-9-14-11/h11H,3-10H2,1-2H3. The SMILES string of the molecule is CC(C)(CCCBr)CC1CCCCO1. The molecule has 0 spiro atoms. The Morgan fingerprint density at radius 1 is 1.36 bits per heavy atom. The van der Waals surface area contributed by atoms with Gasteiger partial charge in [0.1, 0.15) is 0 Å². The molecule has 0 bridgehead atoms. The molecule has 1 atom stereocenters. The minimum atomic E-state index is 0.454. The lowest BCUT2D eigenvalue weighted by Gasteiger charge is -2.31. The molecule has 2 heteroatoms. The van der Waals surface area contributed by atoms with Crippen molar-refractivity contribution in [2.24, 2.45) is 5.41 Å². The lowest BCUT2D eigenvalue weighted by Crippen LogP contribution is -2.26. The fraction of sp³-hybridized carbons (Fsp3) is 1.00. The molecule has 0 saturated carbocycles. The van der Waals surface area contributed by atoms with Crippen LogP contribution in [0.15, 0.2) is 0 Å². The molecule has 1 aliphatic heterocycles. The topological polar surface area (TPSA) is 9.23 Å². The van der Waals surface area contributed by atoms with E-state index in [1.165, 1.54) is 38.5 Å². The third-order valence-corrected chi connectivity index (χ3v) is 3.60. The highest BCUT2D eigenvalue weighted by Gasteiger charge is 2.24. The molecule has 0 aromatic rings. The molecule has 0 aromatic carbocycles. The Kier molecular flexibility index (Phi) is 5.47. The maximum atomic E-state index is 5.78. The van der Waals surface area contributed by atoms with E-state index in [1.54, 1.807) is 0 Å². The predicted molar refractivity (Wildman–Crippen MR) is 65.0 cm³/mol. The molecule has 0 aliphatic carbocycles. The van der Waals surface area contributed by atoms with Crippen LogP contribution in [0.25, 0.3) is 0 Å². The average Bonchev–Trinajstić information content (AvgIpc) is 2.16. The van der Waals surface area contributed by atoms with E-state index in [0.29, 0.717) is 11.5 Å². The van der Waals surface area contributed by atoms with Crippen molar-refractivity contribution in [3.63, 3.8) is 0 Å². The Labute approximate surface area is 96.7 Å². The molecule has 1 aliphatic rings. The zero-order valence-electron chi connectivity index (χ0n) is 9.52. The van der Waals surface area contributed by atoms with Gasteiger partial charge in [-0.2, -0.15) is 0 Å². The summed E-state index contributed by atoms with van der Waals surface area (Å²) in [5.74, 6) is 0. The molecule has 0 N–H and O–H groups in total. The highest BCUT2D eigenvalue weighted by Crippen LogP contribution is 2.32. The molecule has 1 heterocycles. The minimum Gasteiger partial charge on any atom is -0.378 e. The molecular weight excluding hydrogens is 240 g/mol. The van der Waals surface area contributed by atoms with Gasteiger partial charge in [0.15, 0.2) is 0 Å². The summed E-state index contributed by atoms with van der Waals surface area (Å²) in [6.45, 7) is 5.72. The summed E-state index contributed by atoms with van der Waals surface area (Å²) >= 11 is 3.50. The number of rotatable bonds is 5. The van der Waals surface area contributed by atoms with Crippen molar-refractivity contribution in [1.82, 2.24) is 0 Å². The first kappa shape index (κ1) is 12.5.